The summed E-state index contributed by atoms with van der Waals surface area (Å²) in [7, 11) is 0. The third-order valence-electron chi connectivity index (χ3n) is 2.38. The van der Waals surface area contributed by atoms with Crippen LogP contribution in [0.4, 0.5) is 8.78 Å². The first kappa shape index (κ1) is 13.7. The van der Waals surface area contributed by atoms with Crippen molar-refractivity contribution >= 4 is 11.8 Å². The van der Waals surface area contributed by atoms with Crippen molar-refractivity contribution in [2.75, 3.05) is 0 Å². The van der Waals surface area contributed by atoms with Crippen LogP contribution in [0.3, 0.4) is 0 Å². The van der Waals surface area contributed by atoms with Gasteiger partial charge in [0, 0.05) is 5.56 Å². The van der Waals surface area contributed by atoms with Gasteiger partial charge in [-0.15, -0.1) is 0 Å². The molecule has 0 atom stereocenters. The number of alkyl halides is 2. The maximum atomic E-state index is 12.0. The van der Waals surface area contributed by atoms with Crippen LogP contribution in [-0.4, -0.2) is 23.5 Å². The fourth-order valence-electron chi connectivity index (χ4n) is 1.50. The first-order valence-corrected chi connectivity index (χ1v) is 5.40. The van der Waals surface area contributed by atoms with Gasteiger partial charge in [0.1, 0.15) is 5.75 Å². The average molecular weight is 282 g/mol. The molecule has 0 aliphatic heterocycles. The minimum atomic E-state index is -2.94. The summed E-state index contributed by atoms with van der Waals surface area (Å²) in [5, 5.41) is 8.68. The number of carbonyl (C=O) groups is 2. The second-order valence-corrected chi connectivity index (χ2v) is 3.70. The molecule has 0 bridgehead atoms. The van der Waals surface area contributed by atoms with E-state index in [0.29, 0.717) is 0 Å². The number of hydrogen-bond donors (Lipinski definition) is 1. The molecule has 1 aromatic heterocycles. The van der Waals surface area contributed by atoms with Gasteiger partial charge in [-0.3, -0.25) is 4.79 Å². The molecule has 0 saturated carbocycles. The first-order chi connectivity index (χ1) is 9.47. The Balaban J connectivity index is 2.18. The summed E-state index contributed by atoms with van der Waals surface area (Å²) in [6, 6.07) is 7.37. The van der Waals surface area contributed by atoms with Gasteiger partial charge in [0.2, 0.25) is 11.5 Å². The number of halogens is 2. The normalized spacial score (nSPS) is 10.6. The van der Waals surface area contributed by atoms with Gasteiger partial charge in [-0.05, 0) is 36.4 Å². The SMILES string of the molecule is O=C(O)c1ccc(C(=O)c2ccc(OC(F)F)cc2)o1. The maximum Gasteiger partial charge on any atom is 0.387 e. The van der Waals surface area contributed by atoms with Gasteiger partial charge >= 0.3 is 12.6 Å². The predicted octanol–water partition coefficient (Wildman–Crippen LogP) is 2.81. The molecule has 1 heterocycles. The minimum Gasteiger partial charge on any atom is -0.475 e. The lowest BCUT2D eigenvalue weighted by molar-refractivity contribution is -0.0498. The highest BCUT2D eigenvalue weighted by Crippen LogP contribution is 2.18. The first-order valence-electron chi connectivity index (χ1n) is 5.40. The number of carbonyl (C=O) groups excluding carboxylic acids is 1. The van der Waals surface area contributed by atoms with E-state index >= 15 is 0 Å². The molecular formula is C13H8F2O5. The fraction of sp³-hybridized carbons (Fsp3) is 0.0769. The van der Waals surface area contributed by atoms with Crippen LogP contribution in [0.1, 0.15) is 26.7 Å². The second-order valence-electron chi connectivity index (χ2n) is 3.70. The number of rotatable bonds is 5. The van der Waals surface area contributed by atoms with Crippen LogP contribution in [0, 0.1) is 0 Å². The quantitative estimate of drug-likeness (QED) is 0.853. The van der Waals surface area contributed by atoms with Crippen molar-refractivity contribution in [3.05, 3.63) is 53.5 Å². The Morgan fingerprint density at radius 1 is 1.05 bits per heavy atom. The molecule has 7 heteroatoms. The molecule has 0 spiro atoms. The van der Waals surface area contributed by atoms with E-state index in [2.05, 4.69) is 4.74 Å². The number of carboxylic acids is 1. The molecule has 2 aromatic rings. The van der Waals surface area contributed by atoms with Crippen molar-refractivity contribution < 1.29 is 32.6 Å². The Morgan fingerprint density at radius 2 is 1.65 bits per heavy atom. The van der Waals surface area contributed by atoms with Gasteiger partial charge in [0.25, 0.3) is 0 Å². The second kappa shape index (κ2) is 5.52. The van der Waals surface area contributed by atoms with Crippen LogP contribution < -0.4 is 4.74 Å². The van der Waals surface area contributed by atoms with Crippen LogP contribution >= 0.6 is 0 Å². The molecule has 0 radical (unpaired) electrons. The molecular weight excluding hydrogens is 274 g/mol. The number of aromatic carboxylic acids is 1. The topological polar surface area (TPSA) is 76.7 Å². The van der Waals surface area contributed by atoms with Gasteiger partial charge in [0.05, 0.1) is 0 Å². The van der Waals surface area contributed by atoms with E-state index in [4.69, 9.17) is 9.52 Å². The molecule has 0 amide bonds. The van der Waals surface area contributed by atoms with E-state index < -0.39 is 18.4 Å². The lowest BCUT2D eigenvalue weighted by Gasteiger charge is -2.04. The van der Waals surface area contributed by atoms with E-state index in [-0.39, 0.29) is 22.8 Å². The van der Waals surface area contributed by atoms with Crippen molar-refractivity contribution in [2.24, 2.45) is 0 Å². The molecule has 2 rings (SSSR count). The highest BCUT2D eigenvalue weighted by Gasteiger charge is 2.16. The van der Waals surface area contributed by atoms with E-state index in [1.807, 2.05) is 0 Å². The van der Waals surface area contributed by atoms with Crippen LogP contribution in [0.15, 0.2) is 40.8 Å². The maximum absolute atomic E-state index is 12.0. The molecule has 1 N–H and O–H groups in total. The van der Waals surface area contributed by atoms with Crippen molar-refractivity contribution in [3.8, 4) is 5.75 Å². The van der Waals surface area contributed by atoms with E-state index in [1.165, 1.54) is 30.3 Å². The van der Waals surface area contributed by atoms with E-state index in [1.54, 1.807) is 0 Å². The van der Waals surface area contributed by atoms with Crippen LogP contribution in [0.5, 0.6) is 5.75 Å². The molecule has 0 aliphatic rings. The standard InChI is InChI=1S/C13H8F2O5/c14-13(15)19-8-3-1-7(2-4-8)11(16)9-5-6-10(20-9)12(17)18/h1-6,13H,(H,17,18). The monoisotopic (exact) mass is 282 g/mol. The number of ketones is 1. The molecule has 0 aliphatic carbocycles. The average Bonchev–Trinajstić information content (AvgIpc) is 2.88. The summed E-state index contributed by atoms with van der Waals surface area (Å²) in [6.45, 7) is -2.94. The Kier molecular flexibility index (Phi) is 3.79. The zero-order valence-electron chi connectivity index (χ0n) is 9.88. The predicted molar refractivity (Wildman–Crippen MR) is 62.2 cm³/mol. The molecule has 0 saturated heterocycles. The van der Waals surface area contributed by atoms with Crippen molar-refractivity contribution in [1.29, 1.82) is 0 Å². The van der Waals surface area contributed by atoms with Gasteiger partial charge in [-0.25, -0.2) is 4.79 Å². The van der Waals surface area contributed by atoms with E-state index in [9.17, 15) is 18.4 Å². The number of hydrogen-bond acceptors (Lipinski definition) is 4. The number of ether oxygens (including phenoxy) is 1. The summed E-state index contributed by atoms with van der Waals surface area (Å²) in [5.74, 6) is -2.43. The van der Waals surface area contributed by atoms with Crippen LogP contribution in [0.25, 0.3) is 0 Å². The smallest absolute Gasteiger partial charge is 0.387 e. The summed E-state index contributed by atoms with van der Waals surface area (Å²) >= 11 is 0. The lowest BCUT2D eigenvalue weighted by atomic mass is 10.1. The van der Waals surface area contributed by atoms with Crippen molar-refractivity contribution in [3.63, 3.8) is 0 Å². The molecule has 20 heavy (non-hydrogen) atoms. The van der Waals surface area contributed by atoms with Crippen molar-refractivity contribution in [2.45, 2.75) is 6.61 Å². The fourth-order valence-corrected chi connectivity index (χ4v) is 1.50. The summed E-state index contributed by atoms with van der Waals surface area (Å²) < 4.78 is 32.9. The lowest BCUT2D eigenvalue weighted by Crippen LogP contribution is -2.03. The molecule has 0 fully saturated rings. The largest absolute Gasteiger partial charge is 0.475 e. The Bertz CT molecular complexity index is 630. The zero-order valence-corrected chi connectivity index (χ0v) is 9.88. The van der Waals surface area contributed by atoms with Gasteiger partial charge < -0.3 is 14.3 Å². The highest BCUT2D eigenvalue weighted by atomic mass is 19.3. The van der Waals surface area contributed by atoms with Gasteiger partial charge in [0.15, 0.2) is 5.76 Å². The van der Waals surface area contributed by atoms with Crippen molar-refractivity contribution in [1.82, 2.24) is 0 Å². The third kappa shape index (κ3) is 3.00. The molecule has 5 nitrogen and oxygen atoms in total. The van der Waals surface area contributed by atoms with Gasteiger partial charge in [-0.2, -0.15) is 8.78 Å². The Hall–Kier alpha value is -2.70. The van der Waals surface area contributed by atoms with Crippen LogP contribution in [-0.2, 0) is 0 Å². The summed E-state index contributed by atoms with van der Waals surface area (Å²) in [4.78, 5) is 22.6. The number of benzene rings is 1. The summed E-state index contributed by atoms with van der Waals surface area (Å²) in [5.41, 5.74) is 0.165. The molecule has 1 aromatic carbocycles. The Labute approximate surface area is 111 Å². The number of carboxylic acid groups (broad SMARTS) is 1. The molecule has 104 valence electrons. The molecule has 0 unspecified atom stereocenters. The highest BCUT2D eigenvalue weighted by molar-refractivity contribution is 6.07. The van der Waals surface area contributed by atoms with E-state index in [0.717, 1.165) is 6.07 Å². The van der Waals surface area contributed by atoms with Gasteiger partial charge in [-0.1, -0.05) is 0 Å². The number of furan rings is 1. The zero-order chi connectivity index (χ0) is 14.7. The minimum absolute atomic E-state index is 0.0813. The van der Waals surface area contributed by atoms with Crippen LogP contribution in [0.2, 0.25) is 0 Å². The summed E-state index contributed by atoms with van der Waals surface area (Å²) in [6.07, 6.45) is 0. The third-order valence-corrected chi connectivity index (χ3v) is 2.38. The Morgan fingerprint density at radius 3 is 2.15 bits per heavy atom.